The van der Waals surface area contributed by atoms with Crippen molar-refractivity contribution in [3.05, 3.63) is 36.0 Å². The largest absolute Gasteiger partial charge is 0.497 e. The molecule has 2 rings (SSSR count). The lowest BCUT2D eigenvalue weighted by molar-refractivity contribution is 0.0544. The molecule has 6 heteroatoms. The van der Waals surface area contributed by atoms with Gasteiger partial charge in [0.05, 0.1) is 18.3 Å². The van der Waals surface area contributed by atoms with E-state index in [1.165, 1.54) is 11.7 Å². The number of methoxy groups -OCH3 is 1. The van der Waals surface area contributed by atoms with Gasteiger partial charge in [-0.15, -0.1) is 0 Å². The topological polar surface area (TPSA) is 62.1 Å². The number of carbonyl (C=O) groups is 1. The first-order valence-electron chi connectivity index (χ1n) is 7.93. The Hall–Kier alpha value is -2.76. The van der Waals surface area contributed by atoms with Gasteiger partial charge in [-0.25, -0.2) is 4.79 Å². The molecule has 0 spiro atoms. The number of carbonyl (C=O) groups excluding carboxylic acids is 1. The van der Waals surface area contributed by atoms with E-state index < -0.39 is 11.7 Å². The maximum atomic E-state index is 12.6. The Labute approximate surface area is 147 Å². The Bertz CT molecular complexity index is 826. The van der Waals surface area contributed by atoms with Crippen LogP contribution in [0.15, 0.2) is 35.6 Å². The summed E-state index contributed by atoms with van der Waals surface area (Å²) < 4.78 is 12.3. The average Bonchev–Trinajstić information content (AvgIpc) is 2.89. The highest BCUT2D eigenvalue weighted by Gasteiger charge is 2.20. The summed E-state index contributed by atoms with van der Waals surface area (Å²) in [5.41, 5.74) is 1.72. The van der Waals surface area contributed by atoms with Gasteiger partial charge >= 0.3 is 6.09 Å². The van der Waals surface area contributed by atoms with Gasteiger partial charge in [-0.1, -0.05) is 11.2 Å². The van der Waals surface area contributed by atoms with E-state index in [4.69, 9.17) is 14.3 Å². The lowest BCUT2D eigenvalue weighted by Crippen LogP contribution is -2.26. The molecule has 0 aliphatic heterocycles. The molecule has 1 heterocycles. The Morgan fingerprint density at radius 2 is 1.96 bits per heavy atom. The number of allylic oxidation sites excluding steroid dienone is 1. The summed E-state index contributed by atoms with van der Waals surface area (Å²) >= 11 is 0. The molecule has 25 heavy (non-hydrogen) atoms. The fourth-order valence-electron chi connectivity index (χ4n) is 2.34. The van der Waals surface area contributed by atoms with Crippen LogP contribution in [0.25, 0.3) is 17.0 Å². The van der Waals surface area contributed by atoms with Gasteiger partial charge < -0.3 is 14.3 Å². The van der Waals surface area contributed by atoms with Crippen LogP contribution in [0.3, 0.4) is 0 Å². The van der Waals surface area contributed by atoms with Crippen LogP contribution in [-0.2, 0) is 9.57 Å². The molecule has 0 aliphatic carbocycles. The fourth-order valence-corrected chi connectivity index (χ4v) is 2.34. The molecular formula is C19H24N2O4. The van der Waals surface area contributed by atoms with Crippen molar-refractivity contribution >= 4 is 28.8 Å². The molecule has 134 valence electrons. The van der Waals surface area contributed by atoms with E-state index in [9.17, 15) is 4.79 Å². The summed E-state index contributed by atoms with van der Waals surface area (Å²) in [4.78, 5) is 17.3. The van der Waals surface area contributed by atoms with Crippen LogP contribution in [0.5, 0.6) is 5.75 Å². The van der Waals surface area contributed by atoms with E-state index in [-0.39, 0.29) is 0 Å². The van der Waals surface area contributed by atoms with Crippen molar-refractivity contribution in [2.24, 2.45) is 5.16 Å². The fraction of sp³-hybridized carbons (Fsp3) is 0.368. The van der Waals surface area contributed by atoms with Crippen molar-refractivity contribution in [3.63, 3.8) is 0 Å². The monoisotopic (exact) mass is 344 g/mol. The Kier molecular flexibility index (Phi) is 5.51. The quantitative estimate of drug-likeness (QED) is 0.606. The van der Waals surface area contributed by atoms with Crippen molar-refractivity contribution in [3.8, 4) is 5.75 Å². The van der Waals surface area contributed by atoms with Crippen molar-refractivity contribution in [2.45, 2.75) is 33.3 Å². The number of hydrogen-bond acceptors (Lipinski definition) is 5. The number of ether oxygens (including phenoxy) is 2. The van der Waals surface area contributed by atoms with E-state index in [1.807, 2.05) is 58.0 Å². The van der Waals surface area contributed by atoms with Gasteiger partial charge in [0.1, 0.15) is 18.5 Å². The predicted molar refractivity (Wildman–Crippen MR) is 99.3 cm³/mol. The van der Waals surface area contributed by atoms with Gasteiger partial charge in [0.2, 0.25) is 0 Å². The molecular weight excluding hydrogens is 320 g/mol. The Balaban J connectivity index is 2.53. The number of aromatic nitrogens is 1. The molecule has 0 bridgehead atoms. The van der Waals surface area contributed by atoms with Crippen molar-refractivity contribution in [2.75, 3.05) is 14.2 Å². The molecule has 2 aromatic rings. The average molecular weight is 344 g/mol. The van der Waals surface area contributed by atoms with E-state index in [0.29, 0.717) is 11.5 Å². The first-order chi connectivity index (χ1) is 11.7. The lowest BCUT2D eigenvalue weighted by Gasteiger charge is -2.19. The minimum absolute atomic E-state index is 0.437. The third-order valence-electron chi connectivity index (χ3n) is 3.37. The van der Waals surface area contributed by atoms with Crippen LogP contribution in [-0.4, -0.2) is 36.2 Å². The Morgan fingerprint density at radius 1 is 1.24 bits per heavy atom. The van der Waals surface area contributed by atoms with Crippen LogP contribution in [0, 0.1) is 0 Å². The molecule has 0 aliphatic rings. The van der Waals surface area contributed by atoms with Crippen LogP contribution in [0.1, 0.15) is 33.3 Å². The molecule has 6 nitrogen and oxygen atoms in total. The number of oxime groups is 1. The summed E-state index contributed by atoms with van der Waals surface area (Å²) in [6.07, 6.45) is 5.01. The highest BCUT2D eigenvalue weighted by Crippen LogP contribution is 2.27. The predicted octanol–water partition coefficient (Wildman–Crippen LogP) is 4.47. The van der Waals surface area contributed by atoms with E-state index in [1.54, 1.807) is 13.3 Å². The van der Waals surface area contributed by atoms with Gasteiger partial charge in [-0.2, -0.15) is 0 Å². The summed E-state index contributed by atoms with van der Waals surface area (Å²) in [6.45, 7) is 7.34. The second-order valence-corrected chi connectivity index (χ2v) is 6.57. The number of benzene rings is 1. The molecule has 0 atom stereocenters. The highest BCUT2D eigenvalue weighted by molar-refractivity contribution is 6.01. The molecule has 0 fully saturated rings. The number of rotatable bonds is 4. The number of fused-ring (bicyclic) bond motifs is 1. The molecule has 0 saturated heterocycles. The summed E-state index contributed by atoms with van der Waals surface area (Å²) in [7, 11) is 3.09. The second kappa shape index (κ2) is 7.42. The normalized spacial score (nSPS) is 12.6. The van der Waals surface area contributed by atoms with Gasteiger partial charge in [0.15, 0.2) is 0 Å². The van der Waals surface area contributed by atoms with Gasteiger partial charge in [-0.3, -0.25) is 4.57 Å². The third kappa shape index (κ3) is 4.62. The van der Waals surface area contributed by atoms with Crippen LogP contribution >= 0.6 is 0 Å². The van der Waals surface area contributed by atoms with Crippen molar-refractivity contribution < 1.29 is 19.1 Å². The lowest BCUT2D eigenvalue weighted by atomic mass is 10.1. The zero-order chi connectivity index (χ0) is 18.6. The number of nitrogens with zero attached hydrogens (tertiary/aromatic N) is 2. The second-order valence-electron chi connectivity index (χ2n) is 6.57. The van der Waals surface area contributed by atoms with Crippen LogP contribution in [0.4, 0.5) is 4.79 Å². The molecule has 0 saturated carbocycles. The van der Waals surface area contributed by atoms with E-state index >= 15 is 0 Å². The zero-order valence-corrected chi connectivity index (χ0v) is 15.5. The minimum atomic E-state index is -0.579. The molecule has 0 amide bonds. The molecule has 0 N–H and O–H groups in total. The van der Waals surface area contributed by atoms with Crippen LogP contribution < -0.4 is 4.74 Å². The van der Waals surface area contributed by atoms with Crippen molar-refractivity contribution in [1.29, 1.82) is 0 Å². The molecule has 1 aromatic heterocycles. The first-order valence-corrected chi connectivity index (χ1v) is 7.93. The summed E-state index contributed by atoms with van der Waals surface area (Å²) in [6, 6.07) is 5.58. The summed E-state index contributed by atoms with van der Waals surface area (Å²) in [5.74, 6) is 0.670. The first kappa shape index (κ1) is 18.6. The molecule has 0 unspecified atom stereocenters. The molecule has 1 aromatic carbocycles. The maximum absolute atomic E-state index is 12.6. The van der Waals surface area contributed by atoms with Gasteiger partial charge in [0.25, 0.3) is 0 Å². The third-order valence-corrected chi connectivity index (χ3v) is 3.37. The minimum Gasteiger partial charge on any atom is -0.497 e. The van der Waals surface area contributed by atoms with E-state index in [0.717, 1.165) is 16.5 Å². The standard InChI is InChI=1S/C19H24N2O4/c1-13(20-24-6)7-8-14-12-21(18(22)25-19(2,3)4)17-11-15(23-5)9-10-16(14)17/h7-12H,1-6H3/b8-7-,20-13+. The van der Waals surface area contributed by atoms with E-state index in [2.05, 4.69) is 5.16 Å². The van der Waals surface area contributed by atoms with Gasteiger partial charge in [-0.05, 0) is 45.9 Å². The smallest absolute Gasteiger partial charge is 0.419 e. The van der Waals surface area contributed by atoms with Gasteiger partial charge in [0, 0.05) is 23.2 Å². The van der Waals surface area contributed by atoms with Crippen LogP contribution in [0.2, 0.25) is 0 Å². The molecule has 0 radical (unpaired) electrons. The number of hydrogen-bond donors (Lipinski definition) is 0. The zero-order valence-electron chi connectivity index (χ0n) is 15.5. The Morgan fingerprint density at radius 3 is 2.56 bits per heavy atom. The SMILES string of the molecule is CO/N=C(C)/C=C\c1cn(C(=O)OC(C)(C)C)c2cc(OC)ccc12. The summed E-state index contributed by atoms with van der Waals surface area (Å²) in [5, 5.41) is 4.76. The van der Waals surface area contributed by atoms with Crippen molar-refractivity contribution in [1.82, 2.24) is 4.57 Å². The highest BCUT2D eigenvalue weighted by atomic mass is 16.6. The maximum Gasteiger partial charge on any atom is 0.419 e.